The Morgan fingerprint density at radius 3 is 2.39 bits per heavy atom. The molecule has 2 nitrogen and oxygen atoms in total. The van der Waals surface area contributed by atoms with Gasteiger partial charge in [0.15, 0.2) is 0 Å². The summed E-state index contributed by atoms with van der Waals surface area (Å²) in [5, 5.41) is 0.151. The van der Waals surface area contributed by atoms with Crippen molar-refractivity contribution in [3.05, 3.63) is 35.9 Å². The van der Waals surface area contributed by atoms with Crippen molar-refractivity contribution >= 4 is 17.6 Å². The van der Waals surface area contributed by atoms with Gasteiger partial charge in [0.1, 0.15) is 5.60 Å². The van der Waals surface area contributed by atoms with Crippen molar-refractivity contribution < 1.29 is 9.53 Å². The molecule has 0 saturated heterocycles. The molecule has 2 aliphatic rings. The Bertz CT molecular complexity index is 445. The smallest absolute Gasteiger partial charge is 0.303 e. The fourth-order valence-corrected chi connectivity index (χ4v) is 4.42. The lowest BCUT2D eigenvalue weighted by molar-refractivity contribution is -0.217. The molecule has 1 aromatic carbocycles. The Balaban J connectivity index is 2.03. The highest BCUT2D eigenvalue weighted by molar-refractivity contribution is 6.22. The van der Waals surface area contributed by atoms with E-state index in [-0.39, 0.29) is 23.2 Å². The average molecular weight is 265 g/mol. The van der Waals surface area contributed by atoms with Crippen molar-refractivity contribution in [1.82, 2.24) is 0 Å². The first kappa shape index (κ1) is 12.0. The van der Waals surface area contributed by atoms with Crippen LogP contribution in [0.1, 0.15) is 31.7 Å². The number of rotatable bonds is 2. The van der Waals surface area contributed by atoms with E-state index in [4.69, 9.17) is 16.3 Å². The number of hydrogen-bond acceptors (Lipinski definition) is 2. The second kappa shape index (κ2) is 4.27. The molecule has 3 heteroatoms. The lowest BCUT2D eigenvalue weighted by Crippen LogP contribution is -2.65. The molecule has 4 atom stereocenters. The van der Waals surface area contributed by atoms with Crippen LogP contribution in [0.25, 0.3) is 0 Å². The van der Waals surface area contributed by atoms with Crippen LogP contribution in [-0.4, -0.2) is 11.3 Å². The summed E-state index contributed by atoms with van der Waals surface area (Å²) < 4.78 is 5.77. The van der Waals surface area contributed by atoms with Crippen LogP contribution >= 0.6 is 11.6 Å². The molecule has 2 fully saturated rings. The summed E-state index contributed by atoms with van der Waals surface area (Å²) in [5.74, 6) is 0.327. The Labute approximate surface area is 112 Å². The first-order valence-corrected chi connectivity index (χ1v) is 6.99. The molecule has 0 radical (unpaired) electrons. The summed E-state index contributed by atoms with van der Waals surface area (Å²) in [4.78, 5) is 11.5. The SMILES string of the molecule is CC(=O)OC1(c2ccccc2)[C@@H]2CCC[C@H]1C2Cl. The first-order valence-electron chi connectivity index (χ1n) is 6.55. The monoisotopic (exact) mass is 264 g/mol. The number of esters is 1. The number of halogens is 1. The van der Waals surface area contributed by atoms with Crippen molar-refractivity contribution in [2.24, 2.45) is 11.8 Å². The van der Waals surface area contributed by atoms with Crippen LogP contribution in [0.15, 0.2) is 30.3 Å². The second-order valence-corrected chi connectivity index (χ2v) is 5.85. The maximum atomic E-state index is 11.5. The summed E-state index contributed by atoms with van der Waals surface area (Å²) in [6.07, 6.45) is 3.29. The molecule has 2 saturated carbocycles. The molecule has 96 valence electrons. The van der Waals surface area contributed by atoms with Crippen molar-refractivity contribution in [1.29, 1.82) is 0 Å². The summed E-state index contributed by atoms with van der Waals surface area (Å²) in [7, 11) is 0. The van der Waals surface area contributed by atoms with Gasteiger partial charge in [0, 0.05) is 24.1 Å². The van der Waals surface area contributed by atoms with E-state index in [1.807, 2.05) is 18.2 Å². The van der Waals surface area contributed by atoms with E-state index >= 15 is 0 Å². The minimum absolute atomic E-state index is 0.151. The van der Waals surface area contributed by atoms with Gasteiger partial charge in [-0.15, -0.1) is 11.6 Å². The second-order valence-electron chi connectivity index (χ2n) is 5.34. The Morgan fingerprint density at radius 1 is 1.28 bits per heavy atom. The van der Waals surface area contributed by atoms with E-state index < -0.39 is 5.60 Å². The minimum atomic E-state index is -0.461. The zero-order chi connectivity index (χ0) is 12.8. The summed E-state index contributed by atoms with van der Waals surface area (Å²) in [6.45, 7) is 1.49. The number of fused-ring (bicyclic) bond motifs is 2. The third kappa shape index (κ3) is 1.51. The molecule has 0 N–H and O–H groups in total. The van der Waals surface area contributed by atoms with Crippen molar-refractivity contribution in [3.8, 4) is 0 Å². The molecule has 0 heterocycles. The van der Waals surface area contributed by atoms with Crippen LogP contribution < -0.4 is 0 Å². The van der Waals surface area contributed by atoms with Crippen molar-refractivity contribution in [3.63, 3.8) is 0 Å². The zero-order valence-corrected chi connectivity index (χ0v) is 11.2. The number of carbonyl (C=O) groups excluding carboxylic acids is 1. The van der Waals surface area contributed by atoms with E-state index in [0.717, 1.165) is 18.4 Å². The maximum Gasteiger partial charge on any atom is 0.303 e. The number of ether oxygens (including phenoxy) is 1. The average Bonchev–Trinajstić information content (AvgIpc) is 2.39. The van der Waals surface area contributed by atoms with E-state index in [9.17, 15) is 4.79 Å². The molecular weight excluding hydrogens is 248 g/mol. The van der Waals surface area contributed by atoms with Crippen LogP contribution in [0.2, 0.25) is 0 Å². The fourth-order valence-electron chi connectivity index (χ4n) is 3.79. The maximum absolute atomic E-state index is 11.5. The van der Waals surface area contributed by atoms with Gasteiger partial charge < -0.3 is 4.74 Å². The third-order valence-electron chi connectivity index (χ3n) is 4.44. The molecular formula is C15H17ClO2. The van der Waals surface area contributed by atoms with Gasteiger partial charge in [-0.2, -0.15) is 0 Å². The van der Waals surface area contributed by atoms with Crippen LogP contribution in [0.5, 0.6) is 0 Å². The lowest BCUT2D eigenvalue weighted by atomic mass is 9.51. The summed E-state index contributed by atoms with van der Waals surface area (Å²) >= 11 is 6.44. The number of alkyl halides is 1. The first-order chi connectivity index (χ1) is 8.66. The van der Waals surface area contributed by atoms with Gasteiger partial charge in [-0.1, -0.05) is 36.8 Å². The molecule has 0 spiro atoms. The zero-order valence-electron chi connectivity index (χ0n) is 10.4. The van der Waals surface area contributed by atoms with Gasteiger partial charge in [0.2, 0.25) is 0 Å². The highest BCUT2D eigenvalue weighted by Crippen LogP contribution is 2.63. The summed E-state index contributed by atoms with van der Waals surface area (Å²) in [5.41, 5.74) is 0.643. The van der Waals surface area contributed by atoms with Gasteiger partial charge in [-0.3, -0.25) is 4.79 Å². The highest BCUT2D eigenvalue weighted by Gasteiger charge is 2.66. The Hall–Kier alpha value is -1.02. The van der Waals surface area contributed by atoms with Gasteiger partial charge in [-0.25, -0.2) is 0 Å². The van der Waals surface area contributed by atoms with Gasteiger partial charge in [0.05, 0.1) is 0 Å². The Morgan fingerprint density at radius 2 is 1.89 bits per heavy atom. The van der Waals surface area contributed by atoms with Crippen LogP contribution in [0, 0.1) is 11.8 Å². The molecule has 0 amide bonds. The molecule has 2 unspecified atom stereocenters. The van der Waals surface area contributed by atoms with Gasteiger partial charge in [-0.05, 0) is 18.4 Å². The molecule has 3 rings (SSSR count). The Kier molecular flexibility index (Phi) is 2.86. The molecule has 1 aromatic rings. The molecule has 0 aromatic heterocycles. The number of benzene rings is 1. The molecule has 0 aliphatic heterocycles. The number of hydrogen-bond donors (Lipinski definition) is 0. The van der Waals surface area contributed by atoms with Crippen LogP contribution in [-0.2, 0) is 15.1 Å². The largest absolute Gasteiger partial charge is 0.454 e. The number of carbonyl (C=O) groups is 1. The predicted octanol–water partition coefficient (Wildman–Crippen LogP) is 3.48. The van der Waals surface area contributed by atoms with E-state index in [2.05, 4.69) is 12.1 Å². The highest BCUT2D eigenvalue weighted by atomic mass is 35.5. The van der Waals surface area contributed by atoms with Crippen molar-refractivity contribution in [2.45, 2.75) is 37.2 Å². The van der Waals surface area contributed by atoms with E-state index in [1.165, 1.54) is 13.3 Å². The van der Waals surface area contributed by atoms with E-state index in [1.54, 1.807) is 0 Å². The lowest BCUT2D eigenvalue weighted by Gasteiger charge is -2.61. The molecule has 2 aliphatic carbocycles. The quantitative estimate of drug-likeness (QED) is 0.604. The van der Waals surface area contributed by atoms with Crippen LogP contribution in [0.4, 0.5) is 0 Å². The topological polar surface area (TPSA) is 26.3 Å². The predicted molar refractivity (Wildman–Crippen MR) is 70.4 cm³/mol. The fraction of sp³-hybridized carbons (Fsp3) is 0.533. The molecule has 18 heavy (non-hydrogen) atoms. The van der Waals surface area contributed by atoms with E-state index in [0.29, 0.717) is 0 Å². The third-order valence-corrected chi connectivity index (χ3v) is 5.05. The normalized spacial score (nSPS) is 37.8. The standard InChI is InChI=1S/C15H17ClO2/c1-10(17)18-15(11-6-3-2-4-7-11)12-8-5-9-13(15)14(12)16/h2-4,6-7,12-14H,5,8-9H2,1H3/t12-,13+,14?,15?. The molecule has 2 bridgehead atoms. The van der Waals surface area contributed by atoms with Gasteiger partial charge >= 0.3 is 5.97 Å². The van der Waals surface area contributed by atoms with Crippen LogP contribution in [0.3, 0.4) is 0 Å². The van der Waals surface area contributed by atoms with Crippen molar-refractivity contribution in [2.75, 3.05) is 0 Å². The minimum Gasteiger partial charge on any atom is -0.454 e. The van der Waals surface area contributed by atoms with Gasteiger partial charge in [0.25, 0.3) is 0 Å². The summed E-state index contributed by atoms with van der Waals surface area (Å²) in [6, 6.07) is 10.1.